The van der Waals surface area contributed by atoms with Crippen LogP contribution in [0.15, 0.2) is 24.3 Å². The van der Waals surface area contributed by atoms with Gasteiger partial charge in [-0.05, 0) is 54.6 Å². The molecule has 1 aromatic rings. The van der Waals surface area contributed by atoms with E-state index in [0.717, 1.165) is 50.4 Å². The molecular weight excluding hydrogens is 286 g/mol. The van der Waals surface area contributed by atoms with Crippen molar-refractivity contribution in [2.45, 2.75) is 44.8 Å². The number of aliphatic hydroxyl groups excluding tert-OH is 1. The van der Waals surface area contributed by atoms with Gasteiger partial charge in [0.05, 0.1) is 12.7 Å². The Balaban J connectivity index is 1.18. The Morgan fingerprint density at radius 1 is 1.17 bits per heavy atom. The Hall–Kier alpha value is -0.900. The number of nitrogens with zero attached hydrogens (tertiary/aromatic N) is 1. The van der Waals surface area contributed by atoms with E-state index in [0.29, 0.717) is 6.61 Å². The first-order valence-corrected chi connectivity index (χ1v) is 9.33. The van der Waals surface area contributed by atoms with Crippen molar-refractivity contribution in [2.75, 3.05) is 26.3 Å². The van der Waals surface area contributed by atoms with Crippen LogP contribution in [0.5, 0.6) is 0 Å². The lowest BCUT2D eigenvalue weighted by atomic mass is 9.90. The van der Waals surface area contributed by atoms with E-state index in [9.17, 15) is 5.11 Å². The van der Waals surface area contributed by atoms with Crippen LogP contribution in [-0.4, -0.2) is 42.4 Å². The first-order valence-electron chi connectivity index (χ1n) is 9.33. The number of hydrogen-bond donors (Lipinski definition) is 1. The molecule has 0 radical (unpaired) electrons. The summed E-state index contributed by atoms with van der Waals surface area (Å²) in [5, 5.41) is 10.3. The fourth-order valence-corrected chi connectivity index (χ4v) is 5.00. The molecule has 2 bridgehead atoms. The van der Waals surface area contributed by atoms with Crippen molar-refractivity contribution in [3.8, 4) is 0 Å². The Kier molecular flexibility index (Phi) is 4.70. The van der Waals surface area contributed by atoms with Crippen molar-refractivity contribution in [1.29, 1.82) is 0 Å². The quantitative estimate of drug-likeness (QED) is 0.876. The van der Waals surface area contributed by atoms with Crippen molar-refractivity contribution in [3.63, 3.8) is 0 Å². The highest BCUT2D eigenvalue weighted by Crippen LogP contribution is 2.48. The highest BCUT2D eigenvalue weighted by atomic mass is 16.5. The first-order chi connectivity index (χ1) is 11.3. The van der Waals surface area contributed by atoms with Gasteiger partial charge in [-0.1, -0.05) is 30.7 Å². The minimum absolute atomic E-state index is 0.362. The molecule has 1 aromatic carbocycles. The number of β-amino-alcohol motifs (C(OH)–C–C–N with tert-alkyl or cyclic N) is 1. The summed E-state index contributed by atoms with van der Waals surface area (Å²) < 4.78 is 5.87. The maximum atomic E-state index is 10.3. The molecule has 0 aromatic heterocycles. The molecule has 2 fully saturated rings. The predicted molar refractivity (Wildman–Crippen MR) is 91.2 cm³/mol. The molecule has 2 aliphatic carbocycles. The molecule has 2 saturated carbocycles. The van der Waals surface area contributed by atoms with Crippen LogP contribution in [0.1, 0.15) is 36.8 Å². The number of hydrogen-bond acceptors (Lipinski definition) is 3. The summed E-state index contributed by atoms with van der Waals surface area (Å²) in [5.41, 5.74) is 2.87. The van der Waals surface area contributed by atoms with E-state index in [1.807, 2.05) is 0 Å². The third kappa shape index (κ3) is 3.62. The third-order valence-corrected chi connectivity index (χ3v) is 6.21. The van der Waals surface area contributed by atoms with Gasteiger partial charge in [0.1, 0.15) is 0 Å². The maximum Gasteiger partial charge on any atom is 0.0900 e. The smallest absolute Gasteiger partial charge is 0.0900 e. The average molecular weight is 315 g/mol. The lowest BCUT2D eigenvalue weighted by Gasteiger charge is -2.30. The molecule has 3 heteroatoms. The van der Waals surface area contributed by atoms with Gasteiger partial charge in [-0.3, -0.25) is 4.90 Å². The molecule has 4 atom stereocenters. The monoisotopic (exact) mass is 315 g/mol. The zero-order valence-corrected chi connectivity index (χ0v) is 14.0. The largest absolute Gasteiger partial charge is 0.389 e. The Morgan fingerprint density at radius 3 is 2.83 bits per heavy atom. The van der Waals surface area contributed by atoms with Gasteiger partial charge in [-0.25, -0.2) is 0 Å². The van der Waals surface area contributed by atoms with E-state index >= 15 is 0 Å². The standard InChI is InChI=1S/C20H29NO2/c22-20(14-23-13-19-10-15-5-6-17(19)9-15)12-21-8-7-16-3-1-2-4-18(16)11-21/h1-4,15,17,19-20,22H,5-14H2. The number of rotatable bonds is 6. The van der Waals surface area contributed by atoms with E-state index in [1.165, 1.54) is 36.8 Å². The molecule has 3 aliphatic rings. The average Bonchev–Trinajstić information content (AvgIpc) is 3.18. The van der Waals surface area contributed by atoms with Gasteiger partial charge < -0.3 is 9.84 Å². The van der Waals surface area contributed by atoms with Crippen molar-refractivity contribution < 1.29 is 9.84 Å². The molecule has 0 saturated heterocycles. The molecule has 3 nitrogen and oxygen atoms in total. The van der Waals surface area contributed by atoms with Crippen LogP contribution >= 0.6 is 0 Å². The molecular formula is C20H29NO2. The third-order valence-electron chi connectivity index (χ3n) is 6.21. The zero-order valence-electron chi connectivity index (χ0n) is 14.0. The van der Waals surface area contributed by atoms with Crippen molar-refractivity contribution in [2.24, 2.45) is 17.8 Å². The lowest BCUT2D eigenvalue weighted by Crippen LogP contribution is -2.38. The molecule has 4 rings (SSSR count). The van der Waals surface area contributed by atoms with Gasteiger partial charge >= 0.3 is 0 Å². The van der Waals surface area contributed by atoms with E-state index in [-0.39, 0.29) is 6.10 Å². The number of aliphatic hydroxyl groups is 1. The Bertz CT molecular complexity index is 532. The van der Waals surface area contributed by atoms with Gasteiger partial charge in [-0.15, -0.1) is 0 Å². The van der Waals surface area contributed by atoms with Gasteiger partial charge in [-0.2, -0.15) is 0 Å². The molecule has 1 N–H and O–H groups in total. The number of ether oxygens (including phenoxy) is 1. The van der Waals surface area contributed by atoms with Gasteiger partial charge in [0.15, 0.2) is 0 Å². The molecule has 4 unspecified atom stereocenters. The van der Waals surface area contributed by atoms with E-state index in [2.05, 4.69) is 29.2 Å². The summed E-state index contributed by atoms with van der Waals surface area (Å²) in [6.07, 6.45) is 6.38. The molecule has 1 aliphatic heterocycles. The van der Waals surface area contributed by atoms with E-state index in [4.69, 9.17) is 4.74 Å². The fourth-order valence-electron chi connectivity index (χ4n) is 5.00. The Morgan fingerprint density at radius 2 is 2.04 bits per heavy atom. The van der Waals surface area contributed by atoms with Crippen LogP contribution in [0.4, 0.5) is 0 Å². The molecule has 0 spiro atoms. The zero-order chi connectivity index (χ0) is 15.6. The number of benzene rings is 1. The van der Waals surface area contributed by atoms with Crippen molar-refractivity contribution >= 4 is 0 Å². The molecule has 0 amide bonds. The van der Waals surface area contributed by atoms with Crippen molar-refractivity contribution in [1.82, 2.24) is 4.90 Å². The minimum Gasteiger partial charge on any atom is -0.389 e. The van der Waals surface area contributed by atoms with Gasteiger partial charge in [0.25, 0.3) is 0 Å². The summed E-state index contributed by atoms with van der Waals surface area (Å²) in [7, 11) is 0. The predicted octanol–water partition coefficient (Wildman–Crippen LogP) is 2.86. The second-order valence-electron chi connectivity index (χ2n) is 7.88. The van der Waals surface area contributed by atoms with Crippen LogP contribution in [-0.2, 0) is 17.7 Å². The summed E-state index contributed by atoms with van der Waals surface area (Å²) in [4.78, 5) is 2.36. The van der Waals surface area contributed by atoms with Crippen LogP contribution in [0.3, 0.4) is 0 Å². The second-order valence-corrected chi connectivity index (χ2v) is 7.88. The van der Waals surface area contributed by atoms with E-state index < -0.39 is 0 Å². The van der Waals surface area contributed by atoms with Crippen LogP contribution in [0.2, 0.25) is 0 Å². The van der Waals surface area contributed by atoms with Crippen LogP contribution in [0, 0.1) is 17.8 Å². The molecule has 23 heavy (non-hydrogen) atoms. The molecule has 126 valence electrons. The second kappa shape index (κ2) is 6.92. The summed E-state index contributed by atoms with van der Waals surface area (Å²) >= 11 is 0. The minimum atomic E-state index is -0.362. The lowest BCUT2D eigenvalue weighted by molar-refractivity contribution is -0.00387. The topological polar surface area (TPSA) is 32.7 Å². The van der Waals surface area contributed by atoms with E-state index in [1.54, 1.807) is 0 Å². The Labute approximate surface area is 139 Å². The highest BCUT2D eigenvalue weighted by molar-refractivity contribution is 5.29. The summed E-state index contributed by atoms with van der Waals surface area (Å²) in [5.74, 6) is 2.66. The van der Waals surface area contributed by atoms with Gasteiger partial charge in [0.2, 0.25) is 0 Å². The van der Waals surface area contributed by atoms with Crippen LogP contribution < -0.4 is 0 Å². The normalized spacial score (nSPS) is 31.3. The highest BCUT2D eigenvalue weighted by Gasteiger charge is 2.39. The van der Waals surface area contributed by atoms with Crippen LogP contribution in [0.25, 0.3) is 0 Å². The van der Waals surface area contributed by atoms with Crippen molar-refractivity contribution in [3.05, 3.63) is 35.4 Å². The summed E-state index contributed by atoms with van der Waals surface area (Å²) in [6.45, 7) is 4.08. The molecule has 1 heterocycles. The van der Waals surface area contributed by atoms with Gasteiger partial charge in [0, 0.05) is 26.2 Å². The summed E-state index contributed by atoms with van der Waals surface area (Å²) in [6, 6.07) is 8.66. The fraction of sp³-hybridized carbons (Fsp3) is 0.700. The first kappa shape index (κ1) is 15.6. The SMILES string of the molecule is OC(COCC1CC2CCC1C2)CN1CCc2ccccc2C1. The number of fused-ring (bicyclic) bond motifs is 3. The maximum absolute atomic E-state index is 10.3.